The summed E-state index contributed by atoms with van der Waals surface area (Å²) in [5.74, 6) is 1.37. The van der Waals surface area contributed by atoms with Crippen LogP contribution in [0.5, 0.6) is 23.0 Å². The number of aromatic hydroxyl groups is 2. The topological polar surface area (TPSA) is 77.4 Å². The fourth-order valence-corrected chi connectivity index (χ4v) is 4.29. The summed E-state index contributed by atoms with van der Waals surface area (Å²) in [7, 11) is 0. The standard InChI is InChI=1S/C29H32O6/c1-4-32-13-15-34-25-17-23(28(30)21-11-7-6-10-20(21)25)24-18-26(35-16-14-33-5-2)27-19(3)9-8-12-22(27)29(24)31/h6-12,17-18,30-31H,4-5,13-16H2,1-3H3. The number of rotatable bonds is 11. The molecule has 6 heteroatoms. The summed E-state index contributed by atoms with van der Waals surface area (Å²) in [6.45, 7) is 8.74. The van der Waals surface area contributed by atoms with E-state index in [0.717, 1.165) is 16.3 Å². The van der Waals surface area contributed by atoms with E-state index in [0.29, 0.717) is 73.0 Å². The van der Waals surface area contributed by atoms with Crippen LogP contribution in [0.15, 0.2) is 54.6 Å². The van der Waals surface area contributed by atoms with Crippen LogP contribution in [0.2, 0.25) is 0 Å². The summed E-state index contributed by atoms with van der Waals surface area (Å²) < 4.78 is 23.0. The van der Waals surface area contributed by atoms with Crippen molar-refractivity contribution in [2.75, 3.05) is 39.6 Å². The number of phenolic OH excluding ortho intramolecular Hbond substituents is 2. The van der Waals surface area contributed by atoms with Crippen LogP contribution >= 0.6 is 0 Å². The molecule has 0 aliphatic carbocycles. The van der Waals surface area contributed by atoms with Crippen molar-refractivity contribution in [2.45, 2.75) is 20.8 Å². The number of ether oxygens (including phenoxy) is 4. The molecular weight excluding hydrogens is 444 g/mol. The molecule has 0 saturated carbocycles. The van der Waals surface area contributed by atoms with E-state index in [2.05, 4.69) is 0 Å². The first-order valence-corrected chi connectivity index (χ1v) is 12.0. The second-order valence-corrected chi connectivity index (χ2v) is 8.18. The zero-order chi connectivity index (χ0) is 24.8. The van der Waals surface area contributed by atoms with Crippen molar-refractivity contribution < 1.29 is 29.2 Å². The van der Waals surface area contributed by atoms with Crippen molar-refractivity contribution in [2.24, 2.45) is 0 Å². The second-order valence-electron chi connectivity index (χ2n) is 8.18. The summed E-state index contributed by atoms with van der Waals surface area (Å²) in [5.41, 5.74) is 1.91. The Morgan fingerprint density at radius 1 is 0.629 bits per heavy atom. The highest BCUT2D eigenvalue weighted by Gasteiger charge is 2.21. The van der Waals surface area contributed by atoms with Gasteiger partial charge in [-0.05, 0) is 38.5 Å². The lowest BCUT2D eigenvalue weighted by molar-refractivity contribution is 0.110. The molecule has 0 aromatic heterocycles. The fraction of sp³-hybridized carbons (Fsp3) is 0.310. The summed E-state index contributed by atoms with van der Waals surface area (Å²) in [6.07, 6.45) is 0. The molecule has 0 bridgehead atoms. The molecule has 0 spiro atoms. The molecule has 0 aliphatic heterocycles. The molecule has 6 nitrogen and oxygen atoms in total. The van der Waals surface area contributed by atoms with E-state index in [-0.39, 0.29) is 11.5 Å². The van der Waals surface area contributed by atoms with E-state index >= 15 is 0 Å². The van der Waals surface area contributed by atoms with Gasteiger partial charge in [-0.15, -0.1) is 0 Å². The Hall–Kier alpha value is -3.48. The summed E-state index contributed by atoms with van der Waals surface area (Å²) in [6, 6.07) is 16.8. The van der Waals surface area contributed by atoms with Crippen LogP contribution in [0.4, 0.5) is 0 Å². The highest BCUT2D eigenvalue weighted by Crippen LogP contribution is 2.48. The quantitative estimate of drug-likeness (QED) is 0.251. The number of phenols is 2. The van der Waals surface area contributed by atoms with Crippen molar-refractivity contribution >= 4 is 21.5 Å². The molecule has 0 saturated heterocycles. The summed E-state index contributed by atoms with van der Waals surface area (Å²) in [5, 5.41) is 25.5. The molecule has 4 aromatic carbocycles. The normalized spacial score (nSPS) is 11.3. The summed E-state index contributed by atoms with van der Waals surface area (Å²) in [4.78, 5) is 0. The molecule has 0 amide bonds. The van der Waals surface area contributed by atoms with Gasteiger partial charge in [0.05, 0.1) is 13.2 Å². The lowest BCUT2D eigenvalue weighted by Gasteiger charge is -2.18. The van der Waals surface area contributed by atoms with Gasteiger partial charge in [0.1, 0.15) is 36.2 Å². The highest BCUT2D eigenvalue weighted by molar-refractivity contribution is 6.05. The van der Waals surface area contributed by atoms with Gasteiger partial charge >= 0.3 is 0 Å². The van der Waals surface area contributed by atoms with Crippen molar-refractivity contribution in [3.05, 3.63) is 60.2 Å². The van der Waals surface area contributed by atoms with Gasteiger partial charge in [-0.3, -0.25) is 0 Å². The van der Waals surface area contributed by atoms with E-state index in [1.165, 1.54) is 0 Å². The Balaban J connectivity index is 1.87. The average molecular weight is 477 g/mol. The smallest absolute Gasteiger partial charge is 0.131 e. The van der Waals surface area contributed by atoms with Crippen LogP contribution < -0.4 is 9.47 Å². The third kappa shape index (κ3) is 5.14. The largest absolute Gasteiger partial charge is 0.507 e. The number of fused-ring (bicyclic) bond motifs is 2. The Bertz CT molecular complexity index is 1310. The molecular formula is C29H32O6. The molecule has 0 heterocycles. The molecule has 0 unspecified atom stereocenters. The van der Waals surface area contributed by atoms with Crippen LogP contribution in [0.3, 0.4) is 0 Å². The van der Waals surface area contributed by atoms with Gasteiger partial charge in [0.2, 0.25) is 0 Å². The molecule has 0 aliphatic rings. The van der Waals surface area contributed by atoms with Crippen molar-refractivity contribution in [1.29, 1.82) is 0 Å². The average Bonchev–Trinajstić information content (AvgIpc) is 2.87. The van der Waals surface area contributed by atoms with E-state index in [9.17, 15) is 10.2 Å². The molecule has 4 aromatic rings. The van der Waals surface area contributed by atoms with Gasteiger partial charge in [0.25, 0.3) is 0 Å². The van der Waals surface area contributed by atoms with E-state index in [4.69, 9.17) is 18.9 Å². The van der Waals surface area contributed by atoms with Gasteiger partial charge in [-0.1, -0.05) is 42.5 Å². The van der Waals surface area contributed by atoms with Crippen LogP contribution in [0, 0.1) is 6.92 Å². The first-order chi connectivity index (χ1) is 17.1. The molecule has 35 heavy (non-hydrogen) atoms. The number of hydrogen-bond acceptors (Lipinski definition) is 6. The van der Waals surface area contributed by atoms with Gasteiger partial charge in [0, 0.05) is 45.9 Å². The third-order valence-electron chi connectivity index (χ3n) is 5.95. The lowest BCUT2D eigenvalue weighted by atomic mass is 9.94. The van der Waals surface area contributed by atoms with Gasteiger partial charge < -0.3 is 29.2 Å². The fourth-order valence-electron chi connectivity index (χ4n) is 4.29. The molecule has 0 radical (unpaired) electrons. The molecule has 0 atom stereocenters. The van der Waals surface area contributed by atoms with Crippen LogP contribution in [-0.2, 0) is 9.47 Å². The lowest BCUT2D eigenvalue weighted by Crippen LogP contribution is -2.07. The zero-order valence-electron chi connectivity index (χ0n) is 20.5. The van der Waals surface area contributed by atoms with Crippen molar-refractivity contribution in [3.8, 4) is 34.1 Å². The molecule has 0 fully saturated rings. The van der Waals surface area contributed by atoms with Crippen molar-refractivity contribution in [3.63, 3.8) is 0 Å². The molecule has 184 valence electrons. The maximum Gasteiger partial charge on any atom is 0.131 e. The van der Waals surface area contributed by atoms with Crippen LogP contribution in [0.1, 0.15) is 19.4 Å². The Kier molecular flexibility index (Phi) is 7.95. The number of aryl methyl sites for hydroxylation is 1. The Labute approximate surface area is 205 Å². The van der Waals surface area contributed by atoms with Crippen LogP contribution in [0.25, 0.3) is 32.7 Å². The maximum atomic E-state index is 11.3. The first kappa shape index (κ1) is 24.6. The van der Waals surface area contributed by atoms with Crippen molar-refractivity contribution in [1.82, 2.24) is 0 Å². The predicted octanol–water partition coefficient (Wildman–Crippen LogP) is 6.21. The van der Waals surface area contributed by atoms with Gasteiger partial charge in [-0.2, -0.15) is 0 Å². The Morgan fingerprint density at radius 2 is 1.17 bits per heavy atom. The third-order valence-corrected chi connectivity index (χ3v) is 5.95. The SMILES string of the molecule is CCOCCOc1cc(-c2cc(OCCOCC)c3c(C)cccc3c2O)c(O)c2ccccc12. The predicted molar refractivity (Wildman–Crippen MR) is 139 cm³/mol. The molecule has 4 rings (SSSR count). The van der Waals surface area contributed by atoms with Gasteiger partial charge in [-0.25, -0.2) is 0 Å². The zero-order valence-corrected chi connectivity index (χ0v) is 20.5. The number of hydrogen-bond donors (Lipinski definition) is 2. The van der Waals surface area contributed by atoms with E-state index < -0.39 is 0 Å². The highest BCUT2D eigenvalue weighted by atomic mass is 16.5. The van der Waals surface area contributed by atoms with E-state index in [1.54, 1.807) is 12.1 Å². The van der Waals surface area contributed by atoms with E-state index in [1.807, 2.05) is 63.2 Å². The maximum absolute atomic E-state index is 11.3. The van der Waals surface area contributed by atoms with Gasteiger partial charge in [0.15, 0.2) is 0 Å². The van der Waals surface area contributed by atoms with Crippen LogP contribution in [-0.4, -0.2) is 49.9 Å². The monoisotopic (exact) mass is 476 g/mol. The minimum Gasteiger partial charge on any atom is -0.507 e. The molecule has 2 N–H and O–H groups in total. The number of benzene rings is 4. The Morgan fingerprint density at radius 3 is 1.83 bits per heavy atom. The second kappa shape index (κ2) is 11.3. The summed E-state index contributed by atoms with van der Waals surface area (Å²) >= 11 is 0. The minimum absolute atomic E-state index is 0.0697. The minimum atomic E-state index is 0.0697. The first-order valence-electron chi connectivity index (χ1n) is 12.0.